The number of nitrogens with two attached hydrogens (primary N) is 2. The lowest BCUT2D eigenvalue weighted by Crippen LogP contribution is -2.24. The molecule has 1 heterocycles. The highest BCUT2D eigenvalue weighted by Crippen LogP contribution is 1.98. The second kappa shape index (κ2) is 4.42. The van der Waals surface area contributed by atoms with Crippen LogP contribution in [0, 0.1) is 6.92 Å². The maximum atomic E-state index is 5.57. The Labute approximate surface area is 77.1 Å². The van der Waals surface area contributed by atoms with Gasteiger partial charge in [-0.15, -0.1) is 0 Å². The zero-order chi connectivity index (χ0) is 9.68. The van der Waals surface area contributed by atoms with Crippen LogP contribution in [-0.4, -0.2) is 15.0 Å². The van der Waals surface area contributed by atoms with Crippen molar-refractivity contribution in [2.24, 2.45) is 11.6 Å². The Morgan fingerprint density at radius 2 is 2.08 bits per heavy atom. The molecule has 4 N–H and O–H groups in total. The Morgan fingerprint density at radius 3 is 2.62 bits per heavy atom. The van der Waals surface area contributed by atoms with E-state index in [9.17, 15) is 0 Å². The first-order chi connectivity index (χ1) is 6.22. The summed E-state index contributed by atoms with van der Waals surface area (Å²) in [6.45, 7) is 2.39. The molecular weight excluding hydrogens is 166 g/mol. The monoisotopic (exact) mass is 179 g/mol. The molecule has 0 amide bonds. The number of hydrogen-bond acceptors (Lipinski definition) is 5. The SMILES string of the molecule is Cc1ncc(CN(N)/C=C\N)cn1. The van der Waals surface area contributed by atoms with Gasteiger partial charge >= 0.3 is 0 Å². The highest BCUT2D eigenvalue weighted by atomic mass is 15.4. The summed E-state index contributed by atoms with van der Waals surface area (Å²) in [5.74, 6) is 6.32. The Morgan fingerprint density at radius 1 is 1.46 bits per heavy atom. The molecule has 0 fully saturated rings. The van der Waals surface area contributed by atoms with Gasteiger partial charge in [-0.3, -0.25) is 0 Å². The maximum absolute atomic E-state index is 5.57. The standard InChI is InChI=1S/C8H13N5/c1-7-11-4-8(5-12-7)6-13(10)3-2-9/h2-5H,6,9-10H2,1H3/b3-2-. The van der Waals surface area contributed by atoms with Crippen molar-refractivity contribution in [3.63, 3.8) is 0 Å². The molecule has 70 valence electrons. The molecule has 0 aromatic carbocycles. The molecule has 5 nitrogen and oxygen atoms in total. The van der Waals surface area contributed by atoms with Crippen molar-refractivity contribution >= 4 is 0 Å². The largest absolute Gasteiger partial charge is 0.403 e. The lowest BCUT2D eigenvalue weighted by Gasteiger charge is -2.11. The van der Waals surface area contributed by atoms with Gasteiger partial charge in [0.15, 0.2) is 0 Å². The molecule has 0 aliphatic rings. The normalized spacial score (nSPS) is 10.6. The zero-order valence-corrected chi connectivity index (χ0v) is 7.51. The minimum Gasteiger partial charge on any atom is -0.403 e. The molecule has 0 unspecified atom stereocenters. The van der Waals surface area contributed by atoms with Crippen molar-refractivity contribution in [1.82, 2.24) is 15.0 Å². The molecule has 0 saturated carbocycles. The maximum Gasteiger partial charge on any atom is 0.125 e. The lowest BCUT2D eigenvalue weighted by atomic mass is 10.3. The molecule has 1 rings (SSSR count). The summed E-state index contributed by atoms with van der Waals surface area (Å²) in [5, 5.41) is 1.47. The van der Waals surface area contributed by atoms with E-state index in [-0.39, 0.29) is 0 Å². The van der Waals surface area contributed by atoms with Gasteiger partial charge in [-0.05, 0) is 6.92 Å². The third-order valence-corrected chi connectivity index (χ3v) is 1.48. The third-order valence-electron chi connectivity index (χ3n) is 1.48. The minimum atomic E-state index is 0.550. The molecule has 13 heavy (non-hydrogen) atoms. The molecule has 0 saturated heterocycles. The molecule has 0 aliphatic heterocycles. The van der Waals surface area contributed by atoms with E-state index in [1.165, 1.54) is 11.2 Å². The predicted molar refractivity (Wildman–Crippen MR) is 49.8 cm³/mol. The van der Waals surface area contributed by atoms with Crippen molar-refractivity contribution in [2.45, 2.75) is 13.5 Å². The van der Waals surface area contributed by atoms with E-state index in [0.717, 1.165) is 11.4 Å². The van der Waals surface area contributed by atoms with E-state index in [2.05, 4.69) is 9.97 Å². The van der Waals surface area contributed by atoms with E-state index in [1.54, 1.807) is 18.6 Å². The van der Waals surface area contributed by atoms with Crippen LogP contribution >= 0.6 is 0 Å². The Balaban J connectivity index is 2.59. The third kappa shape index (κ3) is 3.08. The number of hydrogen-bond donors (Lipinski definition) is 2. The predicted octanol–water partition coefficient (Wildman–Crippen LogP) is -0.109. The van der Waals surface area contributed by atoms with E-state index in [4.69, 9.17) is 11.6 Å². The summed E-state index contributed by atoms with van der Waals surface area (Å²) in [6.07, 6.45) is 6.45. The fourth-order valence-electron chi connectivity index (χ4n) is 0.875. The zero-order valence-electron chi connectivity index (χ0n) is 7.51. The summed E-state index contributed by atoms with van der Waals surface area (Å²) in [6, 6.07) is 0. The van der Waals surface area contributed by atoms with E-state index in [0.29, 0.717) is 6.54 Å². The van der Waals surface area contributed by atoms with Crippen LogP contribution in [0.3, 0.4) is 0 Å². The van der Waals surface area contributed by atoms with Gasteiger partial charge in [0, 0.05) is 30.4 Å². The molecule has 1 aromatic heterocycles. The first kappa shape index (κ1) is 9.47. The molecule has 0 bridgehead atoms. The smallest absolute Gasteiger partial charge is 0.125 e. The Bertz CT molecular complexity index is 279. The molecular formula is C8H13N5. The van der Waals surface area contributed by atoms with E-state index >= 15 is 0 Å². The van der Waals surface area contributed by atoms with Crippen molar-refractivity contribution in [1.29, 1.82) is 0 Å². The van der Waals surface area contributed by atoms with Crippen LogP contribution in [0.5, 0.6) is 0 Å². The molecule has 0 atom stereocenters. The summed E-state index contributed by atoms with van der Waals surface area (Å²) in [7, 11) is 0. The molecule has 0 radical (unpaired) electrons. The van der Waals surface area contributed by atoms with Crippen LogP contribution in [0.25, 0.3) is 0 Å². The van der Waals surface area contributed by atoms with Gasteiger partial charge in [-0.1, -0.05) is 0 Å². The Kier molecular flexibility index (Phi) is 3.22. The van der Waals surface area contributed by atoms with Crippen LogP contribution in [0.1, 0.15) is 11.4 Å². The van der Waals surface area contributed by atoms with Crippen LogP contribution < -0.4 is 11.6 Å². The van der Waals surface area contributed by atoms with Crippen molar-refractivity contribution in [3.05, 3.63) is 36.2 Å². The second-order valence-corrected chi connectivity index (χ2v) is 2.65. The molecule has 5 heteroatoms. The minimum absolute atomic E-state index is 0.550. The van der Waals surface area contributed by atoms with Crippen molar-refractivity contribution < 1.29 is 0 Å². The van der Waals surface area contributed by atoms with Gasteiger partial charge < -0.3 is 10.7 Å². The van der Waals surface area contributed by atoms with Gasteiger partial charge in [-0.25, -0.2) is 15.8 Å². The van der Waals surface area contributed by atoms with Crippen LogP contribution in [0.15, 0.2) is 24.8 Å². The lowest BCUT2D eigenvalue weighted by molar-refractivity contribution is 0.385. The topological polar surface area (TPSA) is 81.1 Å². The summed E-state index contributed by atoms with van der Waals surface area (Å²) in [4.78, 5) is 8.09. The fourth-order valence-corrected chi connectivity index (χ4v) is 0.875. The first-order valence-electron chi connectivity index (χ1n) is 3.89. The summed E-state index contributed by atoms with van der Waals surface area (Å²) in [5.41, 5.74) is 6.12. The quantitative estimate of drug-likeness (QED) is 0.500. The summed E-state index contributed by atoms with van der Waals surface area (Å²) >= 11 is 0. The molecule has 1 aromatic rings. The van der Waals surface area contributed by atoms with Gasteiger partial charge in [0.2, 0.25) is 0 Å². The van der Waals surface area contributed by atoms with Crippen LogP contribution in [0.4, 0.5) is 0 Å². The van der Waals surface area contributed by atoms with Gasteiger partial charge in [0.25, 0.3) is 0 Å². The van der Waals surface area contributed by atoms with Crippen LogP contribution in [0.2, 0.25) is 0 Å². The van der Waals surface area contributed by atoms with Gasteiger partial charge in [-0.2, -0.15) is 0 Å². The molecule has 0 spiro atoms. The number of aromatic nitrogens is 2. The number of hydrazine groups is 1. The average molecular weight is 179 g/mol. The number of nitrogens with zero attached hydrogens (tertiary/aromatic N) is 3. The average Bonchev–Trinajstić information content (AvgIpc) is 2.09. The molecule has 0 aliphatic carbocycles. The van der Waals surface area contributed by atoms with E-state index in [1.807, 2.05) is 6.92 Å². The van der Waals surface area contributed by atoms with Gasteiger partial charge in [0.1, 0.15) is 5.82 Å². The second-order valence-electron chi connectivity index (χ2n) is 2.65. The first-order valence-corrected chi connectivity index (χ1v) is 3.89. The highest BCUT2D eigenvalue weighted by molar-refractivity contribution is 5.04. The van der Waals surface area contributed by atoms with Crippen LogP contribution in [-0.2, 0) is 6.54 Å². The summed E-state index contributed by atoms with van der Waals surface area (Å²) < 4.78 is 0. The van der Waals surface area contributed by atoms with Crippen molar-refractivity contribution in [3.8, 4) is 0 Å². The van der Waals surface area contributed by atoms with E-state index < -0.39 is 0 Å². The number of rotatable bonds is 3. The highest BCUT2D eigenvalue weighted by Gasteiger charge is 1.96. The van der Waals surface area contributed by atoms with Crippen molar-refractivity contribution in [2.75, 3.05) is 0 Å². The van der Waals surface area contributed by atoms with Gasteiger partial charge in [0.05, 0.1) is 6.54 Å². The Hall–Kier alpha value is -1.62. The fraction of sp³-hybridized carbons (Fsp3) is 0.250. The number of aryl methyl sites for hydroxylation is 1.